The van der Waals surface area contributed by atoms with Gasteiger partial charge in [-0.05, 0) is 68.9 Å². The molecule has 1 unspecified atom stereocenters. The number of hydrogen-bond acceptors (Lipinski definition) is 3. The second-order valence-electron chi connectivity index (χ2n) is 5.93. The summed E-state index contributed by atoms with van der Waals surface area (Å²) in [7, 11) is 2.20. The van der Waals surface area contributed by atoms with Gasteiger partial charge in [0, 0.05) is 18.9 Å². The summed E-state index contributed by atoms with van der Waals surface area (Å²) < 4.78 is 0. The highest BCUT2D eigenvalue weighted by Crippen LogP contribution is 2.14. The van der Waals surface area contributed by atoms with E-state index in [0.29, 0.717) is 5.92 Å². The molecule has 19 heavy (non-hydrogen) atoms. The highest BCUT2D eigenvalue weighted by Gasteiger charge is 2.10. The Labute approximate surface area is 118 Å². The van der Waals surface area contributed by atoms with E-state index in [2.05, 4.69) is 42.9 Å². The third-order valence-electron chi connectivity index (χ3n) is 3.59. The summed E-state index contributed by atoms with van der Waals surface area (Å²) in [6.45, 7) is 7.60. The van der Waals surface area contributed by atoms with Gasteiger partial charge in [-0.3, -0.25) is 4.98 Å². The molecular formula is C16H29N3. The Morgan fingerprint density at radius 2 is 1.89 bits per heavy atom. The van der Waals surface area contributed by atoms with Crippen molar-refractivity contribution in [2.24, 2.45) is 17.6 Å². The molecule has 1 rings (SSSR count). The Kier molecular flexibility index (Phi) is 7.68. The predicted octanol–water partition coefficient (Wildman–Crippen LogP) is 2.57. The molecule has 0 aromatic carbocycles. The van der Waals surface area contributed by atoms with Gasteiger partial charge in [-0.15, -0.1) is 0 Å². The van der Waals surface area contributed by atoms with E-state index < -0.39 is 0 Å². The Balaban J connectivity index is 2.21. The van der Waals surface area contributed by atoms with Crippen LogP contribution >= 0.6 is 0 Å². The van der Waals surface area contributed by atoms with E-state index in [4.69, 9.17) is 5.73 Å². The maximum Gasteiger partial charge on any atom is 0.0270 e. The fraction of sp³-hybridized carbons (Fsp3) is 0.688. The van der Waals surface area contributed by atoms with Crippen LogP contribution in [-0.2, 0) is 6.42 Å². The molecule has 0 aliphatic heterocycles. The topological polar surface area (TPSA) is 42.1 Å². The molecule has 3 nitrogen and oxygen atoms in total. The van der Waals surface area contributed by atoms with Crippen molar-refractivity contribution >= 4 is 0 Å². The molecular weight excluding hydrogens is 234 g/mol. The van der Waals surface area contributed by atoms with Crippen LogP contribution in [0.2, 0.25) is 0 Å². The zero-order valence-corrected chi connectivity index (χ0v) is 12.7. The summed E-state index contributed by atoms with van der Waals surface area (Å²) in [5.74, 6) is 1.42. The molecule has 1 atom stereocenters. The zero-order chi connectivity index (χ0) is 14.1. The number of aromatic nitrogens is 1. The molecule has 0 saturated heterocycles. The first-order chi connectivity index (χ1) is 9.11. The molecule has 0 saturated carbocycles. The second-order valence-corrected chi connectivity index (χ2v) is 5.93. The van der Waals surface area contributed by atoms with Gasteiger partial charge < -0.3 is 10.6 Å². The lowest BCUT2D eigenvalue weighted by Gasteiger charge is -2.22. The summed E-state index contributed by atoms with van der Waals surface area (Å²) >= 11 is 0. The molecule has 0 amide bonds. The van der Waals surface area contributed by atoms with Gasteiger partial charge in [-0.2, -0.15) is 0 Å². The van der Waals surface area contributed by atoms with Crippen LogP contribution in [0.5, 0.6) is 0 Å². The van der Waals surface area contributed by atoms with Crippen molar-refractivity contribution in [2.75, 3.05) is 26.7 Å². The summed E-state index contributed by atoms with van der Waals surface area (Å²) in [5, 5.41) is 0. The minimum absolute atomic E-state index is 0.670. The quantitative estimate of drug-likeness (QED) is 0.744. The molecule has 0 aliphatic rings. The van der Waals surface area contributed by atoms with E-state index in [1.54, 1.807) is 0 Å². The van der Waals surface area contributed by atoms with Gasteiger partial charge in [0.05, 0.1) is 0 Å². The van der Waals surface area contributed by atoms with Crippen LogP contribution < -0.4 is 5.73 Å². The Hall–Kier alpha value is -0.930. The van der Waals surface area contributed by atoms with Crippen LogP contribution in [0.1, 0.15) is 32.3 Å². The van der Waals surface area contributed by atoms with Crippen molar-refractivity contribution in [3.8, 4) is 0 Å². The van der Waals surface area contributed by atoms with Crippen LogP contribution in [-0.4, -0.2) is 36.6 Å². The summed E-state index contributed by atoms with van der Waals surface area (Å²) in [6.07, 6.45) is 7.28. The molecule has 0 fully saturated rings. The van der Waals surface area contributed by atoms with Gasteiger partial charge in [-0.1, -0.05) is 13.8 Å². The molecule has 0 bridgehead atoms. The number of rotatable bonds is 9. The lowest BCUT2D eigenvalue weighted by molar-refractivity contribution is 0.287. The van der Waals surface area contributed by atoms with Gasteiger partial charge in [0.1, 0.15) is 0 Å². The molecule has 0 spiro atoms. The fourth-order valence-corrected chi connectivity index (χ4v) is 2.38. The Bertz CT molecular complexity index is 324. The number of nitrogens with two attached hydrogens (primary N) is 1. The first-order valence-corrected chi connectivity index (χ1v) is 7.39. The maximum atomic E-state index is 5.85. The van der Waals surface area contributed by atoms with E-state index in [1.807, 2.05) is 12.4 Å². The first kappa shape index (κ1) is 16.1. The second kappa shape index (κ2) is 9.05. The van der Waals surface area contributed by atoms with Crippen LogP contribution in [0.25, 0.3) is 0 Å². The smallest absolute Gasteiger partial charge is 0.0270 e. The SMILES string of the molecule is CC(C)CC(CN)CCN(C)CCc1ccncc1. The van der Waals surface area contributed by atoms with Crippen LogP contribution in [0.4, 0.5) is 0 Å². The van der Waals surface area contributed by atoms with E-state index in [1.165, 1.54) is 18.4 Å². The maximum absolute atomic E-state index is 5.85. The standard InChI is InChI=1S/C16H29N3/c1-14(2)12-16(13-17)7-11-19(3)10-6-15-4-8-18-9-5-15/h4-5,8-9,14,16H,6-7,10-13,17H2,1-3H3. The van der Waals surface area contributed by atoms with Crippen LogP contribution in [0.3, 0.4) is 0 Å². The van der Waals surface area contributed by atoms with Crippen molar-refractivity contribution < 1.29 is 0 Å². The van der Waals surface area contributed by atoms with Crippen molar-refractivity contribution in [3.63, 3.8) is 0 Å². The van der Waals surface area contributed by atoms with Crippen LogP contribution in [0, 0.1) is 11.8 Å². The molecule has 0 aliphatic carbocycles. The molecule has 3 heteroatoms. The molecule has 0 radical (unpaired) electrons. The number of hydrogen-bond donors (Lipinski definition) is 1. The third kappa shape index (κ3) is 7.28. The van der Waals surface area contributed by atoms with E-state index in [-0.39, 0.29) is 0 Å². The Morgan fingerprint density at radius 3 is 2.47 bits per heavy atom. The minimum atomic E-state index is 0.670. The lowest BCUT2D eigenvalue weighted by Crippen LogP contribution is -2.27. The van der Waals surface area contributed by atoms with Crippen molar-refractivity contribution in [1.82, 2.24) is 9.88 Å². The summed E-state index contributed by atoms with van der Waals surface area (Å²) in [6, 6.07) is 4.19. The van der Waals surface area contributed by atoms with Crippen LogP contribution in [0.15, 0.2) is 24.5 Å². The van der Waals surface area contributed by atoms with E-state index >= 15 is 0 Å². The van der Waals surface area contributed by atoms with Crippen molar-refractivity contribution in [1.29, 1.82) is 0 Å². The average Bonchev–Trinajstić information content (AvgIpc) is 2.42. The third-order valence-corrected chi connectivity index (χ3v) is 3.59. The summed E-state index contributed by atoms with van der Waals surface area (Å²) in [4.78, 5) is 6.45. The average molecular weight is 263 g/mol. The predicted molar refractivity (Wildman–Crippen MR) is 82.1 cm³/mol. The largest absolute Gasteiger partial charge is 0.330 e. The number of nitrogens with zero attached hydrogens (tertiary/aromatic N) is 2. The molecule has 108 valence electrons. The summed E-state index contributed by atoms with van der Waals surface area (Å²) in [5.41, 5.74) is 7.21. The van der Waals surface area contributed by atoms with Gasteiger partial charge in [-0.25, -0.2) is 0 Å². The normalized spacial score (nSPS) is 13.2. The molecule has 1 heterocycles. The van der Waals surface area contributed by atoms with E-state index in [9.17, 15) is 0 Å². The minimum Gasteiger partial charge on any atom is -0.330 e. The van der Waals surface area contributed by atoms with Crippen molar-refractivity contribution in [3.05, 3.63) is 30.1 Å². The van der Waals surface area contributed by atoms with Gasteiger partial charge >= 0.3 is 0 Å². The fourth-order valence-electron chi connectivity index (χ4n) is 2.38. The lowest BCUT2D eigenvalue weighted by atomic mass is 9.94. The van der Waals surface area contributed by atoms with Gasteiger partial charge in [0.15, 0.2) is 0 Å². The molecule has 1 aromatic heterocycles. The van der Waals surface area contributed by atoms with Gasteiger partial charge in [0.25, 0.3) is 0 Å². The Morgan fingerprint density at radius 1 is 1.21 bits per heavy atom. The van der Waals surface area contributed by atoms with E-state index in [0.717, 1.165) is 32.0 Å². The van der Waals surface area contributed by atoms with Crippen molar-refractivity contribution in [2.45, 2.75) is 33.1 Å². The number of pyridine rings is 1. The number of likely N-dealkylation sites (N-methyl/N-ethyl adjacent to an activating group) is 1. The zero-order valence-electron chi connectivity index (χ0n) is 12.7. The molecule has 1 aromatic rings. The highest BCUT2D eigenvalue weighted by atomic mass is 15.1. The monoisotopic (exact) mass is 263 g/mol. The first-order valence-electron chi connectivity index (χ1n) is 7.39. The highest BCUT2D eigenvalue weighted by molar-refractivity contribution is 5.09. The molecule has 2 N–H and O–H groups in total. The van der Waals surface area contributed by atoms with Gasteiger partial charge in [0.2, 0.25) is 0 Å².